The van der Waals surface area contributed by atoms with Crippen molar-refractivity contribution in [2.24, 2.45) is 0 Å². The Kier molecular flexibility index (Phi) is 4.96. The van der Waals surface area contributed by atoms with Crippen molar-refractivity contribution in [3.05, 3.63) is 42.4 Å². The highest BCUT2D eigenvalue weighted by molar-refractivity contribution is 5.12. The van der Waals surface area contributed by atoms with Crippen molar-refractivity contribution in [1.29, 1.82) is 0 Å². The second-order valence-electron chi connectivity index (χ2n) is 7.35. The van der Waals surface area contributed by atoms with Gasteiger partial charge in [0.2, 0.25) is 5.88 Å². The van der Waals surface area contributed by atoms with Crippen LogP contribution in [0.25, 0.3) is 0 Å². The Morgan fingerprint density at radius 1 is 1.27 bits per heavy atom. The van der Waals surface area contributed by atoms with Gasteiger partial charge in [-0.25, -0.2) is 4.98 Å². The minimum atomic E-state index is -0.0443. The first-order valence-electron chi connectivity index (χ1n) is 9.61. The molecule has 2 aromatic rings. The van der Waals surface area contributed by atoms with Crippen molar-refractivity contribution in [2.75, 3.05) is 13.7 Å². The quantitative estimate of drug-likeness (QED) is 0.797. The third kappa shape index (κ3) is 3.35. The number of nitrogens with zero attached hydrogens (tertiary/aromatic N) is 4. The van der Waals surface area contributed by atoms with E-state index in [1.54, 1.807) is 6.20 Å². The third-order valence-electron chi connectivity index (χ3n) is 5.96. The van der Waals surface area contributed by atoms with Crippen molar-refractivity contribution >= 4 is 0 Å². The largest absolute Gasteiger partial charge is 0.474 e. The minimum Gasteiger partial charge on any atom is -0.474 e. The number of aromatic nitrogens is 3. The topological polar surface area (TPSA) is 52.4 Å². The van der Waals surface area contributed by atoms with Gasteiger partial charge in [0.1, 0.15) is 6.10 Å². The Balaban J connectivity index is 1.47. The molecule has 0 unspecified atom stereocenters. The number of aryl methyl sites for hydroxylation is 1. The average molecular weight is 356 g/mol. The lowest BCUT2D eigenvalue weighted by Crippen LogP contribution is -2.52. The zero-order valence-electron chi connectivity index (χ0n) is 15.7. The average Bonchev–Trinajstić information content (AvgIpc) is 3.28. The van der Waals surface area contributed by atoms with Crippen molar-refractivity contribution in [3.63, 3.8) is 0 Å². The summed E-state index contributed by atoms with van der Waals surface area (Å²) in [5.74, 6) is 0.716. The summed E-state index contributed by atoms with van der Waals surface area (Å²) in [6.07, 6.45) is 8.13. The van der Waals surface area contributed by atoms with Crippen LogP contribution in [-0.4, -0.2) is 51.1 Å². The van der Waals surface area contributed by atoms with Gasteiger partial charge in [-0.3, -0.25) is 9.58 Å². The van der Waals surface area contributed by atoms with E-state index < -0.39 is 0 Å². The highest BCUT2D eigenvalue weighted by Gasteiger charge is 2.51. The van der Waals surface area contributed by atoms with Gasteiger partial charge in [-0.05, 0) is 38.3 Å². The van der Waals surface area contributed by atoms with E-state index in [2.05, 4.69) is 34.2 Å². The fourth-order valence-corrected chi connectivity index (χ4v) is 4.51. The summed E-state index contributed by atoms with van der Waals surface area (Å²) in [6.45, 7) is 4.95. The number of likely N-dealkylation sites (tertiary alicyclic amines) is 1. The minimum absolute atomic E-state index is 0.0443. The lowest BCUT2D eigenvalue weighted by atomic mass is 9.79. The molecule has 3 atom stereocenters. The van der Waals surface area contributed by atoms with Crippen LogP contribution < -0.4 is 4.74 Å². The zero-order valence-corrected chi connectivity index (χ0v) is 15.7. The molecule has 2 fully saturated rings. The molecule has 0 aromatic carbocycles. The summed E-state index contributed by atoms with van der Waals surface area (Å²) in [7, 11) is 1.86. The Hall–Kier alpha value is -1.92. The van der Waals surface area contributed by atoms with Gasteiger partial charge in [0, 0.05) is 57.7 Å². The van der Waals surface area contributed by atoms with Gasteiger partial charge in [-0.2, -0.15) is 5.10 Å². The maximum absolute atomic E-state index is 6.16. The van der Waals surface area contributed by atoms with Crippen molar-refractivity contribution in [3.8, 4) is 5.88 Å². The van der Waals surface area contributed by atoms with Gasteiger partial charge in [0.25, 0.3) is 0 Å². The van der Waals surface area contributed by atoms with Crippen LogP contribution in [0.5, 0.6) is 5.88 Å². The first kappa shape index (κ1) is 17.5. The van der Waals surface area contributed by atoms with E-state index in [-0.39, 0.29) is 11.7 Å². The van der Waals surface area contributed by atoms with E-state index in [1.807, 2.05) is 30.0 Å². The Bertz CT molecular complexity index is 720. The normalized spacial score (nSPS) is 28.8. The smallest absolute Gasteiger partial charge is 0.213 e. The second-order valence-corrected chi connectivity index (χ2v) is 7.35. The Morgan fingerprint density at radius 3 is 2.92 bits per heavy atom. The van der Waals surface area contributed by atoms with Crippen LogP contribution >= 0.6 is 0 Å². The predicted octanol–water partition coefficient (Wildman–Crippen LogP) is 2.89. The summed E-state index contributed by atoms with van der Waals surface area (Å²) < 4.78 is 14.2. The van der Waals surface area contributed by atoms with Gasteiger partial charge < -0.3 is 9.47 Å². The molecule has 0 spiro atoms. The van der Waals surface area contributed by atoms with Gasteiger partial charge in [-0.15, -0.1) is 0 Å². The van der Waals surface area contributed by atoms with E-state index in [0.717, 1.165) is 51.0 Å². The van der Waals surface area contributed by atoms with Crippen LogP contribution in [-0.2, 0) is 17.8 Å². The number of hydrogen-bond acceptors (Lipinski definition) is 5. The molecule has 1 saturated heterocycles. The molecule has 2 aromatic heterocycles. The zero-order chi connectivity index (χ0) is 18.0. The standard InChI is InChI=1S/C20H28N4O2/c1-3-24-12-8-16(22-24)15-23-13-10-20(25-2)9-7-17(14-18(20)23)26-19-6-4-5-11-21-19/h4-6,8,11-12,17-18H,3,7,9-10,13-15H2,1-2H3/t17-,18+,20-/m1/s1. The van der Waals surface area contributed by atoms with E-state index >= 15 is 0 Å². The lowest BCUT2D eigenvalue weighted by Gasteiger charge is -2.43. The molecule has 0 N–H and O–H groups in total. The van der Waals surface area contributed by atoms with E-state index in [1.165, 1.54) is 0 Å². The first-order chi connectivity index (χ1) is 12.7. The predicted molar refractivity (Wildman–Crippen MR) is 99.0 cm³/mol. The monoisotopic (exact) mass is 356 g/mol. The Morgan fingerprint density at radius 2 is 2.19 bits per heavy atom. The van der Waals surface area contributed by atoms with Crippen molar-refractivity contribution in [2.45, 2.75) is 63.4 Å². The molecule has 6 nitrogen and oxygen atoms in total. The molecule has 0 radical (unpaired) electrons. The lowest BCUT2D eigenvalue weighted by molar-refractivity contribution is -0.0844. The summed E-state index contributed by atoms with van der Waals surface area (Å²) >= 11 is 0. The molecule has 1 aliphatic heterocycles. The third-order valence-corrected chi connectivity index (χ3v) is 5.96. The number of rotatable bonds is 6. The molecular formula is C20H28N4O2. The SMILES string of the molecule is CCn1ccc(CN2CC[C@]3(OC)CC[C@@H](Oc4ccccn4)C[C@H]23)n1. The van der Waals surface area contributed by atoms with Gasteiger partial charge in [0.05, 0.1) is 11.3 Å². The number of methoxy groups -OCH3 is 1. The van der Waals surface area contributed by atoms with Gasteiger partial charge in [-0.1, -0.05) is 6.07 Å². The van der Waals surface area contributed by atoms with Gasteiger partial charge >= 0.3 is 0 Å². The van der Waals surface area contributed by atoms with Crippen LogP contribution in [0.3, 0.4) is 0 Å². The molecule has 4 rings (SSSR count). The van der Waals surface area contributed by atoms with E-state index in [0.29, 0.717) is 11.9 Å². The number of hydrogen-bond donors (Lipinski definition) is 0. The number of fused-ring (bicyclic) bond motifs is 1. The fraction of sp³-hybridized carbons (Fsp3) is 0.600. The highest BCUT2D eigenvalue weighted by Crippen LogP contribution is 2.43. The van der Waals surface area contributed by atoms with Crippen molar-refractivity contribution in [1.82, 2.24) is 19.7 Å². The molecule has 1 aliphatic carbocycles. The van der Waals surface area contributed by atoms with Crippen LogP contribution in [0.2, 0.25) is 0 Å². The van der Waals surface area contributed by atoms with E-state index in [4.69, 9.17) is 9.47 Å². The molecule has 140 valence electrons. The molecular weight excluding hydrogens is 328 g/mol. The van der Waals surface area contributed by atoms with E-state index in [9.17, 15) is 0 Å². The molecule has 3 heterocycles. The second kappa shape index (κ2) is 7.37. The molecule has 26 heavy (non-hydrogen) atoms. The van der Waals surface area contributed by atoms with Gasteiger partial charge in [0.15, 0.2) is 0 Å². The summed E-state index contributed by atoms with van der Waals surface area (Å²) in [5.41, 5.74) is 1.09. The fourth-order valence-electron chi connectivity index (χ4n) is 4.51. The molecule has 6 heteroatoms. The van der Waals surface area contributed by atoms with Crippen LogP contribution in [0.1, 0.15) is 38.3 Å². The first-order valence-corrected chi connectivity index (χ1v) is 9.61. The molecule has 0 amide bonds. The number of ether oxygens (including phenoxy) is 2. The maximum atomic E-state index is 6.16. The maximum Gasteiger partial charge on any atom is 0.213 e. The molecule has 2 aliphatic rings. The van der Waals surface area contributed by atoms with Crippen LogP contribution in [0.15, 0.2) is 36.7 Å². The van der Waals surface area contributed by atoms with Crippen LogP contribution in [0.4, 0.5) is 0 Å². The summed E-state index contributed by atoms with van der Waals surface area (Å²) in [6, 6.07) is 8.30. The van der Waals surface area contributed by atoms with Crippen molar-refractivity contribution < 1.29 is 9.47 Å². The Labute approximate surface area is 155 Å². The molecule has 1 saturated carbocycles. The van der Waals surface area contributed by atoms with Crippen LogP contribution in [0, 0.1) is 0 Å². The summed E-state index contributed by atoms with van der Waals surface area (Å²) in [4.78, 5) is 6.84. The summed E-state index contributed by atoms with van der Waals surface area (Å²) in [5, 5.41) is 4.66. The number of pyridine rings is 1. The molecule has 0 bridgehead atoms. The highest BCUT2D eigenvalue weighted by atomic mass is 16.5.